The molecule has 2 aromatic rings. The van der Waals surface area contributed by atoms with Crippen molar-refractivity contribution in [2.75, 3.05) is 6.54 Å². The van der Waals surface area contributed by atoms with Crippen molar-refractivity contribution in [2.45, 2.75) is 37.9 Å². The summed E-state index contributed by atoms with van der Waals surface area (Å²) in [6, 6.07) is 1.83. The van der Waals surface area contributed by atoms with Gasteiger partial charge in [0.05, 0.1) is 0 Å². The van der Waals surface area contributed by atoms with Gasteiger partial charge in [0, 0.05) is 35.3 Å². The lowest BCUT2D eigenvalue weighted by atomic mass is 10.0. The van der Waals surface area contributed by atoms with Crippen molar-refractivity contribution in [3.63, 3.8) is 0 Å². The number of hydrogen-bond donors (Lipinski definition) is 2. The van der Waals surface area contributed by atoms with Crippen LogP contribution < -0.4 is 5.73 Å². The minimum atomic E-state index is -3.64. The van der Waals surface area contributed by atoms with Crippen molar-refractivity contribution in [3.05, 3.63) is 33.1 Å². The maximum Gasteiger partial charge on any atom is 0.263 e. The molecule has 2 aromatic heterocycles. The van der Waals surface area contributed by atoms with Crippen molar-refractivity contribution < 1.29 is 8.42 Å². The van der Waals surface area contributed by atoms with E-state index in [2.05, 4.69) is 10.2 Å². The van der Waals surface area contributed by atoms with E-state index in [9.17, 15) is 8.42 Å². The van der Waals surface area contributed by atoms with E-state index in [4.69, 9.17) is 5.73 Å². The first-order valence-corrected chi connectivity index (χ1v) is 9.10. The Morgan fingerprint density at radius 1 is 1.57 bits per heavy atom. The average molecular weight is 326 g/mol. The highest BCUT2D eigenvalue weighted by Crippen LogP contribution is 2.36. The van der Waals surface area contributed by atoms with Gasteiger partial charge in [-0.05, 0) is 37.3 Å². The highest BCUT2D eigenvalue weighted by Gasteiger charge is 2.37. The molecule has 3 heterocycles. The first-order chi connectivity index (χ1) is 9.96. The molecule has 0 spiro atoms. The number of aromatic amines is 1. The van der Waals surface area contributed by atoms with Gasteiger partial charge in [-0.15, -0.1) is 11.3 Å². The second-order valence-electron chi connectivity index (χ2n) is 5.18. The molecule has 0 saturated carbocycles. The van der Waals surface area contributed by atoms with Gasteiger partial charge in [0.25, 0.3) is 10.0 Å². The van der Waals surface area contributed by atoms with Crippen LogP contribution >= 0.6 is 11.3 Å². The minimum absolute atomic E-state index is 0.0630. The van der Waals surface area contributed by atoms with Crippen LogP contribution in [0.3, 0.4) is 0 Å². The van der Waals surface area contributed by atoms with Gasteiger partial charge in [-0.2, -0.15) is 9.40 Å². The molecule has 0 bridgehead atoms. The molecule has 0 aliphatic carbocycles. The van der Waals surface area contributed by atoms with Crippen molar-refractivity contribution >= 4 is 21.4 Å². The van der Waals surface area contributed by atoms with E-state index in [1.807, 2.05) is 18.4 Å². The predicted molar refractivity (Wildman–Crippen MR) is 81.5 cm³/mol. The number of nitrogens with one attached hydrogen (secondary N) is 1. The summed E-state index contributed by atoms with van der Waals surface area (Å²) in [7, 11) is -3.64. The molecule has 8 heteroatoms. The lowest BCUT2D eigenvalue weighted by Gasteiger charge is -2.32. The highest BCUT2D eigenvalue weighted by atomic mass is 32.2. The van der Waals surface area contributed by atoms with E-state index in [1.54, 1.807) is 18.3 Å². The van der Waals surface area contributed by atoms with Crippen LogP contribution in [0.25, 0.3) is 0 Å². The number of nitrogens with zero attached hydrogens (tertiary/aromatic N) is 2. The number of rotatable bonds is 3. The van der Waals surface area contributed by atoms with Gasteiger partial charge < -0.3 is 5.73 Å². The summed E-state index contributed by atoms with van der Waals surface area (Å²) in [4.78, 5) is 1.27. The molecular formula is C13H18N4O2S2. The number of hydrogen-bond acceptors (Lipinski definition) is 5. The highest BCUT2D eigenvalue weighted by molar-refractivity contribution is 7.89. The summed E-state index contributed by atoms with van der Waals surface area (Å²) in [5.74, 6) is 0. The van der Waals surface area contributed by atoms with Crippen molar-refractivity contribution in [2.24, 2.45) is 5.73 Å². The van der Waals surface area contributed by atoms with Gasteiger partial charge in [-0.25, -0.2) is 8.42 Å². The van der Waals surface area contributed by atoms with Crippen LogP contribution in [0.5, 0.6) is 0 Å². The standard InChI is InChI=1S/C13H18N4O2S2/c1-8-11(7-14)13(16-15-8)21(18,19)17-5-3-12-10(9(17)2)4-6-20-12/h4,6,9H,3,5,7,14H2,1-2H3,(H,15,16). The summed E-state index contributed by atoms with van der Waals surface area (Å²) in [6.45, 7) is 4.34. The molecule has 21 heavy (non-hydrogen) atoms. The zero-order valence-corrected chi connectivity index (χ0v) is 13.6. The Balaban J connectivity index is 2.03. The number of aromatic nitrogens is 2. The van der Waals surface area contributed by atoms with Crippen LogP contribution in [-0.4, -0.2) is 29.5 Å². The monoisotopic (exact) mass is 326 g/mol. The number of H-pyrrole nitrogens is 1. The first kappa shape index (κ1) is 14.7. The third kappa shape index (κ3) is 2.22. The molecule has 0 saturated heterocycles. The van der Waals surface area contributed by atoms with E-state index in [1.165, 1.54) is 9.18 Å². The van der Waals surface area contributed by atoms with Crippen LogP contribution in [0.15, 0.2) is 16.5 Å². The number of aryl methyl sites for hydroxylation is 1. The molecule has 0 radical (unpaired) electrons. The van der Waals surface area contributed by atoms with Gasteiger partial charge in [0.1, 0.15) is 0 Å². The zero-order chi connectivity index (χ0) is 15.2. The smallest absolute Gasteiger partial charge is 0.263 e. The lowest BCUT2D eigenvalue weighted by molar-refractivity contribution is 0.327. The van der Waals surface area contributed by atoms with Gasteiger partial charge >= 0.3 is 0 Å². The second kappa shape index (κ2) is 5.20. The van der Waals surface area contributed by atoms with Crippen molar-refractivity contribution in [1.29, 1.82) is 0 Å². The molecule has 1 aliphatic rings. The summed E-state index contributed by atoms with van der Waals surface area (Å²) < 4.78 is 27.4. The minimum Gasteiger partial charge on any atom is -0.326 e. The number of thiophene rings is 1. The SMILES string of the molecule is Cc1[nH]nc(S(=O)(=O)N2CCc3sccc3C2C)c1CN. The van der Waals surface area contributed by atoms with Crippen LogP contribution in [-0.2, 0) is 23.0 Å². The molecular weight excluding hydrogens is 308 g/mol. The summed E-state index contributed by atoms with van der Waals surface area (Å²) in [5.41, 5.74) is 8.04. The summed E-state index contributed by atoms with van der Waals surface area (Å²) in [5, 5.41) is 8.79. The molecule has 6 nitrogen and oxygen atoms in total. The Morgan fingerprint density at radius 2 is 2.33 bits per heavy atom. The Bertz CT molecular complexity index is 763. The fourth-order valence-corrected chi connectivity index (χ4v) is 5.56. The Labute approximate surface area is 128 Å². The number of fused-ring (bicyclic) bond motifs is 1. The van der Waals surface area contributed by atoms with Crippen molar-refractivity contribution in [3.8, 4) is 0 Å². The number of nitrogens with two attached hydrogens (primary N) is 1. The van der Waals surface area contributed by atoms with Gasteiger partial charge in [-0.1, -0.05) is 0 Å². The first-order valence-electron chi connectivity index (χ1n) is 6.78. The quantitative estimate of drug-likeness (QED) is 0.895. The fraction of sp³-hybridized carbons (Fsp3) is 0.462. The Hall–Kier alpha value is -1.22. The van der Waals surface area contributed by atoms with Gasteiger partial charge in [0.2, 0.25) is 0 Å². The topological polar surface area (TPSA) is 92.1 Å². The lowest BCUT2D eigenvalue weighted by Crippen LogP contribution is -2.38. The Kier molecular flexibility index (Phi) is 3.64. The fourth-order valence-electron chi connectivity index (χ4n) is 2.81. The maximum absolute atomic E-state index is 12.9. The van der Waals surface area contributed by atoms with E-state index < -0.39 is 10.0 Å². The molecule has 3 rings (SSSR count). The third-order valence-corrected chi connectivity index (χ3v) is 6.95. The Morgan fingerprint density at radius 3 is 3.05 bits per heavy atom. The van der Waals surface area contributed by atoms with Crippen LogP contribution in [0.4, 0.5) is 0 Å². The molecule has 1 aliphatic heterocycles. The van der Waals surface area contributed by atoms with Gasteiger partial charge in [-0.3, -0.25) is 5.10 Å². The largest absolute Gasteiger partial charge is 0.326 e. The van der Waals surface area contributed by atoms with E-state index in [-0.39, 0.29) is 17.6 Å². The van der Waals surface area contributed by atoms with Crippen LogP contribution in [0.2, 0.25) is 0 Å². The molecule has 0 aromatic carbocycles. The van der Waals surface area contributed by atoms with E-state index in [0.717, 1.165) is 12.0 Å². The maximum atomic E-state index is 12.9. The molecule has 0 fully saturated rings. The van der Waals surface area contributed by atoms with Crippen molar-refractivity contribution in [1.82, 2.24) is 14.5 Å². The normalized spacial score (nSPS) is 19.7. The second-order valence-corrected chi connectivity index (χ2v) is 7.98. The van der Waals surface area contributed by atoms with Gasteiger partial charge in [0.15, 0.2) is 5.03 Å². The predicted octanol–water partition coefficient (Wildman–Crippen LogP) is 1.55. The van der Waals surface area contributed by atoms with E-state index >= 15 is 0 Å². The molecule has 0 amide bonds. The number of sulfonamides is 1. The van der Waals surface area contributed by atoms with E-state index in [0.29, 0.717) is 17.8 Å². The zero-order valence-electron chi connectivity index (χ0n) is 12.0. The van der Waals surface area contributed by atoms with Crippen LogP contribution in [0, 0.1) is 6.92 Å². The summed E-state index contributed by atoms with van der Waals surface area (Å²) in [6.07, 6.45) is 0.748. The van der Waals surface area contributed by atoms with Crippen LogP contribution in [0.1, 0.15) is 34.7 Å². The summed E-state index contributed by atoms with van der Waals surface area (Å²) >= 11 is 1.69. The molecule has 3 N–H and O–H groups in total. The molecule has 114 valence electrons. The molecule has 1 atom stereocenters. The average Bonchev–Trinajstić information content (AvgIpc) is 3.05. The third-order valence-electron chi connectivity index (χ3n) is 4.01. The molecule has 1 unspecified atom stereocenters.